The van der Waals surface area contributed by atoms with Crippen LogP contribution >= 0.6 is 0 Å². The van der Waals surface area contributed by atoms with Crippen LogP contribution in [0.15, 0.2) is 42.7 Å². The maximum atomic E-state index is 16.0. The summed E-state index contributed by atoms with van der Waals surface area (Å²) in [5.74, 6) is -2.97. The van der Waals surface area contributed by atoms with Crippen LogP contribution in [-0.2, 0) is 20.9 Å². The van der Waals surface area contributed by atoms with E-state index in [0.717, 1.165) is 37.5 Å². The smallest absolute Gasteiger partial charge is 0.317 e. The van der Waals surface area contributed by atoms with Crippen molar-refractivity contribution in [1.29, 1.82) is 0 Å². The van der Waals surface area contributed by atoms with Crippen molar-refractivity contribution in [3.05, 3.63) is 71.8 Å². The molecular formula is C42H40F4N12O4. The molecule has 12 rings (SSSR count). The molecule has 5 aliphatic heterocycles. The van der Waals surface area contributed by atoms with E-state index in [-0.39, 0.29) is 102 Å². The van der Waals surface area contributed by atoms with Crippen LogP contribution in [0.25, 0.3) is 39.0 Å². The highest BCUT2D eigenvalue weighted by Gasteiger charge is 2.50. The molecule has 0 spiro atoms. The maximum absolute atomic E-state index is 16.0. The van der Waals surface area contributed by atoms with Crippen LogP contribution in [0, 0.1) is 30.2 Å². The van der Waals surface area contributed by atoms with Crippen LogP contribution in [0.5, 0.6) is 6.01 Å². The first kappa shape index (κ1) is 38.5. The lowest BCUT2D eigenvalue weighted by Crippen LogP contribution is -2.58. The standard InChI is InChI=1S/C42H40F4N12O4/c1-20-49-31-14-29(45)36(46)35-30-8-9-47-42(50-30)62-25-13-33(40(60)53(2)17-26(61-3)19-54(20)37(31)35)56(18-25)38-27-15-48-58(32-7-4-21(43)10-28(32)44)39(27)52-41(51-38)57-23-11-24(57)16-55(22-5-6-22)34(59)12-23/h4,7-10,14-15,22-26,33H,5-6,11-13,16-19H2,1-3H3/t23-,24+,25-,26-,33-/m0/s1. The van der Waals surface area contributed by atoms with Gasteiger partial charge in [0.25, 0.3) is 0 Å². The van der Waals surface area contributed by atoms with Gasteiger partial charge in [-0.3, -0.25) is 9.59 Å². The number of likely N-dealkylation sites (N-methyl/N-ethyl adjacent to an activating group) is 1. The van der Waals surface area contributed by atoms with Gasteiger partial charge in [0.15, 0.2) is 23.1 Å². The van der Waals surface area contributed by atoms with Crippen LogP contribution in [0.3, 0.4) is 0 Å². The van der Waals surface area contributed by atoms with Gasteiger partial charge in [0.2, 0.25) is 17.8 Å². The number of aromatic nitrogens is 8. The fourth-order valence-corrected chi connectivity index (χ4v) is 9.72. The summed E-state index contributed by atoms with van der Waals surface area (Å²) < 4.78 is 76.1. The highest BCUT2D eigenvalue weighted by Crippen LogP contribution is 2.42. The second-order valence-corrected chi connectivity index (χ2v) is 16.8. The lowest BCUT2D eigenvalue weighted by Gasteiger charge is -2.47. The molecule has 4 aromatic heterocycles. The van der Waals surface area contributed by atoms with Crippen molar-refractivity contribution in [3.8, 4) is 23.0 Å². The summed E-state index contributed by atoms with van der Waals surface area (Å²) in [6.45, 7) is 2.55. The summed E-state index contributed by atoms with van der Waals surface area (Å²) >= 11 is 0. The third-order valence-corrected chi connectivity index (χ3v) is 12.9. The van der Waals surface area contributed by atoms with E-state index in [0.29, 0.717) is 29.1 Å². The summed E-state index contributed by atoms with van der Waals surface area (Å²) in [4.78, 5) is 59.1. The molecule has 1 aliphatic carbocycles. The number of anilines is 2. The number of fused-ring (bicyclic) bond motifs is 9. The second kappa shape index (κ2) is 14.3. The predicted octanol–water partition coefficient (Wildman–Crippen LogP) is 4.34. The zero-order chi connectivity index (χ0) is 42.7. The van der Waals surface area contributed by atoms with Gasteiger partial charge in [-0.05, 0) is 44.4 Å². The minimum absolute atomic E-state index is 0.0459. The molecule has 0 radical (unpaired) electrons. The Balaban J connectivity index is 1.04. The Labute approximate surface area is 351 Å². The largest absolute Gasteiger partial charge is 0.458 e. The molecule has 0 unspecified atom stereocenters. The van der Waals surface area contributed by atoms with Crippen molar-refractivity contribution in [3.63, 3.8) is 0 Å². The van der Waals surface area contributed by atoms with Gasteiger partial charge in [-0.2, -0.15) is 20.1 Å². The first-order chi connectivity index (χ1) is 29.9. The summed E-state index contributed by atoms with van der Waals surface area (Å²) in [5.41, 5.74) is 0.643. The molecule has 20 heteroatoms. The Hall–Kier alpha value is -6.44. The van der Waals surface area contributed by atoms with Crippen molar-refractivity contribution in [2.24, 2.45) is 0 Å². The number of hydrogen-bond acceptors (Lipinski definition) is 12. The number of carbonyl (C=O) groups is 2. The van der Waals surface area contributed by atoms with Gasteiger partial charge >= 0.3 is 6.01 Å². The van der Waals surface area contributed by atoms with Crippen LogP contribution in [0.1, 0.15) is 37.9 Å². The molecule has 2 aromatic carbocycles. The fraction of sp³-hybridized carbons (Fsp3) is 0.429. The number of ether oxygens (including phenoxy) is 2. The van der Waals surface area contributed by atoms with E-state index in [2.05, 4.69) is 20.1 Å². The van der Waals surface area contributed by atoms with Gasteiger partial charge in [-0.1, -0.05) is 0 Å². The number of rotatable bonds is 5. The van der Waals surface area contributed by atoms with Gasteiger partial charge in [0.05, 0.1) is 59.1 Å². The Bertz CT molecular complexity index is 2830. The Kier molecular flexibility index (Phi) is 8.89. The quantitative estimate of drug-likeness (QED) is 0.227. The highest BCUT2D eigenvalue weighted by molar-refractivity contribution is 5.94. The van der Waals surface area contributed by atoms with Crippen LogP contribution in [0.4, 0.5) is 29.3 Å². The Morgan fingerprint density at radius 3 is 2.50 bits per heavy atom. The number of nitrogens with zero attached hydrogens (tertiary/aromatic N) is 12. The third-order valence-electron chi connectivity index (χ3n) is 12.9. The number of methoxy groups -OCH3 is 1. The summed E-state index contributed by atoms with van der Waals surface area (Å²) in [7, 11) is 3.18. The van der Waals surface area contributed by atoms with Crippen molar-refractivity contribution in [1.82, 2.24) is 49.1 Å². The number of amides is 2. The van der Waals surface area contributed by atoms with Gasteiger partial charge in [-0.15, -0.1) is 0 Å². The van der Waals surface area contributed by atoms with E-state index in [1.54, 1.807) is 28.3 Å². The lowest BCUT2D eigenvalue weighted by molar-refractivity contribution is -0.133. The molecule has 5 fully saturated rings. The average Bonchev–Trinajstić information content (AvgIpc) is 3.84. The number of halogens is 4. The van der Waals surface area contributed by atoms with Crippen molar-refractivity contribution >= 4 is 45.6 Å². The van der Waals surface area contributed by atoms with Gasteiger partial charge in [0, 0.05) is 70.5 Å². The molecular weight excluding hydrogens is 813 g/mol. The molecule has 9 heterocycles. The molecule has 5 atom stereocenters. The lowest BCUT2D eigenvalue weighted by atomic mass is 9.92. The summed E-state index contributed by atoms with van der Waals surface area (Å²) in [6.07, 6.45) is 4.64. The highest BCUT2D eigenvalue weighted by atomic mass is 19.2. The maximum Gasteiger partial charge on any atom is 0.317 e. The second-order valence-electron chi connectivity index (χ2n) is 16.8. The minimum Gasteiger partial charge on any atom is -0.458 e. The van der Waals surface area contributed by atoms with E-state index in [1.165, 1.54) is 36.3 Å². The monoisotopic (exact) mass is 852 g/mol. The summed E-state index contributed by atoms with van der Waals surface area (Å²) in [6, 6.07) is 4.65. The topological polar surface area (TPSA) is 153 Å². The normalized spacial score (nSPS) is 24.0. The van der Waals surface area contributed by atoms with Crippen LogP contribution in [0.2, 0.25) is 0 Å². The number of aryl methyl sites for hydroxylation is 1. The molecule has 62 heavy (non-hydrogen) atoms. The zero-order valence-electron chi connectivity index (χ0n) is 33.9. The van der Waals surface area contributed by atoms with Crippen molar-refractivity contribution in [2.45, 2.75) is 81.9 Å². The number of hydrogen-bond donors (Lipinski definition) is 0. The fourth-order valence-electron chi connectivity index (χ4n) is 9.72. The van der Waals surface area contributed by atoms with Crippen LogP contribution in [-0.4, -0.2) is 131 Å². The molecule has 6 bridgehead atoms. The van der Waals surface area contributed by atoms with Gasteiger partial charge < -0.3 is 33.6 Å². The molecule has 4 saturated heterocycles. The zero-order valence-corrected chi connectivity index (χ0v) is 33.9. The Morgan fingerprint density at radius 1 is 0.871 bits per heavy atom. The van der Waals surface area contributed by atoms with E-state index in [1.807, 2.05) is 9.80 Å². The molecule has 1 saturated carbocycles. The van der Waals surface area contributed by atoms with Crippen molar-refractivity contribution in [2.75, 3.05) is 43.6 Å². The molecule has 2 amide bonds. The molecule has 16 nitrogen and oxygen atoms in total. The van der Waals surface area contributed by atoms with Gasteiger partial charge in [0.1, 0.15) is 35.3 Å². The Morgan fingerprint density at radius 2 is 1.71 bits per heavy atom. The van der Waals surface area contributed by atoms with E-state index in [9.17, 15) is 14.0 Å². The number of imidazole rings is 1. The first-order valence-electron chi connectivity index (χ1n) is 20.6. The average molecular weight is 853 g/mol. The first-order valence-corrected chi connectivity index (χ1v) is 20.6. The predicted molar refractivity (Wildman–Crippen MR) is 215 cm³/mol. The summed E-state index contributed by atoms with van der Waals surface area (Å²) in [5, 5.41) is 4.91. The van der Waals surface area contributed by atoms with E-state index in [4.69, 9.17) is 19.4 Å². The molecule has 320 valence electrons. The van der Waals surface area contributed by atoms with Gasteiger partial charge in [-0.25, -0.2) is 32.2 Å². The number of carbonyl (C=O) groups excluding carboxylic acids is 2. The number of benzene rings is 2. The third kappa shape index (κ3) is 6.19. The molecule has 6 aromatic rings. The van der Waals surface area contributed by atoms with Crippen LogP contribution < -0.4 is 14.5 Å². The van der Waals surface area contributed by atoms with Crippen molar-refractivity contribution < 1.29 is 36.6 Å². The van der Waals surface area contributed by atoms with E-state index < -0.39 is 41.5 Å². The van der Waals surface area contributed by atoms with E-state index >= 15 is 13.2 Å². The SMILES string of the molecule is CO[C@H]1CN(C)C(=O)[C@@H]2C[C@@H](CN2c2nc(N3[C@@H]4CC(=O)N(C5CC5)C[C@H]3C4)nc3c2cnn3-c2ccc(F)cc2F)Oc2nccc(n2)-c2c(F)c(F)cc3nc(C)n(c23)C1. The molecule has 0 N–H and O–H groups in total. The minimum atomic E-state index is -1.11. The molecule has 6 aliphatic rings.